The van der Waals surface area contributed by atoms with Crippen LogP contribution in [-0.4, -0.2) is 18.0 Å². The molecule has 5 nitrogen and oxygen atoms in total. The molecule has 9 heteroatoms. The van der Waals surface area contributed by atoms with Gasteiger partial charge in [0.05, 0.1) is 17.8 Å². The molecule has 0 spiro atoms. The zero-order chi connectivity index (χ0) is 20.3. The number of pyridine rings is 1. The summed E-state index contributed by atoms with van der Waals surface area (Å²) in [4.78, 5) is 16.6. The number of rotatable bonds is 5. The van der Waals surface area contributed by atoms with Gasteiger partial charge in [-0.3, -0.25) is 9.78 Å². The quantitative estimate of drug-likeness (QED) is 0.568. The van der Waals surface area contributed by atoms with Crippen LogP contribution in [0.2, 0.25) is 10.0 Å². The Balaban J connectivity index is 1.92. The Bertz CT molecular complexity index is 1050. The number of halogens is 4. The molecule has 3 aromatic rings. The Morgan fingerprint density at radius 2 is 1.79 bits per heavy atom. The largest absolute Gasteiger partial charge is 0.494 e. The first kappa shape index (κ1) is 19.9. The van der Waals surface area contributed by atoms with Gasteiger partial charge < -0.3 is 14.8 Å². The Morgan fingerprint density at radius 1 is 1.04 bits per heavy atom. The van der Waals surface area contributed by atoms with E-state index in [1.165, 1.54) is 31.6 Å². The van der Waals surface area contributed by atoms with Crippen LogP contribution >= 0.6 is 23.2 Å². The predicted molar refractivity (Wildman–Crippen MR) is 102 cm³/mol. The number of carbonyl (C=O) groups is 1. The van der Waals surface area contributed by atoms with Gasteiger partial charge in [0.2, 0.25) is 0 Å². The molecule has 3 rings (SSSR count). The zero-order valence-electron chi connectivity index (χ0n) is 14.3. The first-order valence-electron chi connectivity index (χ1n) is 7.80. The average Bonchev–Trinajstić information content (AvgIpc) is 2.67. The van der Waals surface area contributed by atoms with Crippen LogP contribution in [0.25, 0.3) is 0 Å². The fourth-order valence-corrected chi connectivity index (χ4v) is 2.62. The third kappa shape index (κ3) is 4.32. The summed E-state index contributed by atoms with van der Waals surface area (Å²) >= 11 is 12.0. The lowest BCUT2D eigenvalue weighted by Gasteiger charge is -2.14. The van der Waals surface area contributed by atoms with Crippen molar-refractivity contribution in [3.63, 3.8) is 0 Å². The predicted octanol–water partition coefficient (Wildman–Crippen LogP) is 5.72. The van der Waals surface area contributed by atoms with E-state index in [4.69, 9.17) is 32.7 Å². The molecule has 1 N–H and O–H groups in total. The van der Waals surface area contributed by atoms with Crippen molar-refractivity contribution in [2.75, 3.05) is 12.4 Å². The number of nitrogens with zero attached hydrogens (tertiary/aromatic N) is 1. The van der Waals surface area contributed by atoms with Crippen LogP contribution in [0.5, 0.6) is 17.2 Å². The van der Waals surface area contributed by atoms with Gasteiger partial charge in [-0.1, -0.05) is 23.2 Å². The maximum absolute atomic E-state index is 13.6. The van der Waals surface area contributed by atoms with Crippen LogP contribution in [0.3, 0.4) is 0 Å². The maximum atomic E-state index is 13.6. The summed E-state index contributed by atoms with van der Waals surface area (Å²) < 4.78 is 37.6. The molecule has 0 aliphatic rings. The molecule has 28 heavy (non-hydrogen) atoms. The highest BCUT2D eigenvalue weighted by atomic mass is 35.5. The van der Waals surface area contributed by atoms with Gasteiger partial charge in [-0.2, -0.15) is 0 Å². The molecule has 2 aromatic carbocycles. The molecule has 1 heterocycles. The lowest BCUT2D eigenvalue weighted by atomic mass is 10.2. The van der Waals surface area contributed by atoms with Crippen molar-refractivity contribution in [3.8, 4) is 17.2 Å². The molecule has 0 radical (unpaired) electrons. The third-order valence-electron chi connectivity index (χ3n) is 3.63. The molecule has 0 bridgehead atoms. The summed E-state index contributed by atoms with van der Waals surface area (Å²) in [6, 6.07) is 7.73. The topological polar surface area (TPSA) is 60.5 Å². The molecular formula is C19H12Cl2F2N2O3. The lowest BCUT2D eigenvalue weighted by molar-refractivity contribution is 0.102. The lowest BCUT2D eigenvalue weighted by Crippen LogP contribution is -2.14. The summed E-state index contributed by atoms with van der Waals surface area (Å²) in [5.74, 6) is -2.58. The highest BCUT2D eigenvalue weighted by molar-refractivity contribution is 6.34. The van der Waals surface area contributed by atoms with Crippen LogP contribution in [0.1, 0.15) is 10.4 Å². The summed E-state index contributed by atoms with van der Waals surface area (Å²) in [5, 5.41) is 3.13. The highest BCUT2D eigenvalue weighted by Crippen LogP contribution is 2.34. The number of nitrogens with one attached hydrogen (secondary N) is 1. The summed E-state index contributed by atoms with van der Waals surface area (Å²) in [6.07, 6.45) is 2.68. The molecular weight excluding hydrogens is 413 g/mol. The molecule has 1 amide bonds. The van der Waals surface area contributed by atoms with Gasteiger partial charge in [-0.05, 0) is 18.2 Å². The minimum absolute atomic E-state index is 0.0327. The van der Waals surface area contributed by atoms with E-state index in [-0.39, 0.29) is 33.5 Å². The van der Waals surface area contributed by atoms with E-state index in [1.54, 1.807) is 12.1 Å². The van der Waals surface area contributed by atoms with Crippen molar-refractivity contribution in [2.45, 2.75) is 0 Å². The molecule has 0 unspecified atom stereocenters. The monoisotopic (exact) mass is 424 g/mol. The molecule has 0 saturated heterocycles. The summed E-state index contributed by atoms with van der Waals surface area (Å²) in [6.45, 7) is 0. The Labute approximate surface area is 168 Å². The average molecular weight is 425 g/mol. The van der Waals surface area contributed by atoms with Gasteiger partial charge in [0.1, 0.15) is 22.8 Å². The van der Waals surface area contributed by atoms with Crippen LogP contribution < -0.4 is 14.8 Å². The van der Waals surface area contributed by atoms with Crippen molar-refractivity contribution in [1.29, 1.82) is 0 Å². The van der Waals surface area contributed by atoms with E-state index in [0.717, 1.165) is 12.1 Å². The van der Waals surface area contributed by atoms with E-state index >= 15 is 0 Å². The first-order valence-corrected chi connectivity index (χ1v) is 8.56. The Hall–Kier alpha value is -2.90. The number of hydrogen-bond acceptors (Lipinski definition) is 4. The molecule has 0 aliphatic carbocycles. The van der Waals surface area contributed by atoms with Crippen LogP contribution in [0.15, 0.2) is 48.8 Å². The Morgan fingerprint density at radius 3 is 2.54 bits per heavy atom. The number of anilines is 1. The number of hydrogen-bond donors (Lipinski definition) is 1. The molecule has 0 aliphatic heterocycles. The highest BCUT2D eigenvalue weighted by Gasteiger charge is 2.18. The SMILES string of the molecule is COc1cc(F)c(F)cc1NC(=O)c1cnccc1Oc1cc(Cl)ccc1Cl. The van der Waals surface area contributed by atoms with E-state index in [0.29, 0.717) is 5.02 Å². The number of aromatic nitrogens is 1. The standard InChI is InChI=1S/C19H12Cl2F2N2O3/c1-27-18-8-14(23)13(22)7-15(18)25-19(26)11-9-24-5-4-16(11)28-17-6-10(20)2-3-12(17)21/h2-9H,1H3,(H,25,26). The van der Waals surface area contributed by atoms with Crippen molar-refractivity contribution in [3.05, 3.63) is 76.0 Å². The third-order valence-corrected chi connectivity index (χ3v) is 4.18. The fraction of sp³-hybridized carbons (Fsp3) is 0.0526. The summed E-state index contributed by atoms with van der Waals surface area (Å²) in [5.41, 5.74) is -0.0210. The molecule has 1 aromatic heterocycles. The van der Waals surface area contributed by atoms with Crippen LogP contribution in [-0.2, 0) is 0 Å². The number of ether oxygens (including phenoxy) is 2. The van der Waals surface area contributed by atoms with E-state index < -0.39 is 17.5 Å². The second kappa shape index (κ2) is 8.41. The second-order valence-electron chi connectivity index (χ2n) is 5.47. The van der Waals surface area contributed by atoms with Gasteiger partial charge in [0.15, 0.2) is 11.6 Å². The second-order valence-corrected chi connectivity index (χ2v) is 6.31. The van der Waals surface area contributed by atoms with Crippen molar-refractivity contribution >= 4 is 34.8 Å². The number of amides is 1. The van der Waals surface area contributed by atoms with Crippen molar-refractivity contribution in [1.82, 2.24) is 4.98 Å². The van der Waals surface area contributed by atoms with Crippen LogP contribution in [0.4, 0.5) is 14.5 Å². The number of benzene rings is 2. The minimum atomic E-state index is -1.13. The fourth-order valence-electron chi connectivity index (χ4n) is 2.30. The molecule has 0 atom stereocenters. The molecule has 0 saturated carbocycles. The number of carbonyl (C=O) groups excluding carboxylic acids is 1. The van der Waals surface area contributed by atoms with Gasteiger partial charge in [-0.15, -0.1) is 0 Å². The van der Waals surface area contributed by atoms with Gasteiger partial charge in [-0.25, -0.2) is 8.78 Å². The zero-order valence-corrected chi connectivity index (χ0v) is 15.8. The normalized spacial score (nSPS) is 10.5. The van der Waals surface area contributed by atoms with Gasteiger partial charge >= 0.3 is 0 Å². The van der Waals surface area contributed by atoms with Crippen LogP contribution in [0, 0.1) is 11.6 Å². The van der Waals surface area contributed by atoms with Crippen molar-refractivity contribution in [2.24, 2.45) is 0 Å². The maximum Gasteiger partial charge on any atom is 0.261 e. The molecule has 144 valence electrons. The van der Waals surface area contributed by atoms with Gasteiger partial charge in [0.25, 0.3) is 5.91 Å². The van der Waals surface area contributed by atoms with E-state index in [1.807, 2.05) is 0 Å². The minimum Gasteiger partial charge on any atom is -0.494 e. The Kier molecular flexibility index (Phi) is 5.96. The van der Waals surface area contributed by atoms with E-state index in [9.17, 15) is 13.6 Å². The van der Waals surface area contributed by atoms with Gasteiger partial charge in [0, 0.05) is 35.6 Å². The smallest absolute Gasteiger partial charge is 0.261 e. The first-order chi connectivity index (χ1) is 13.4. The summed E-state index contributed by atoms with van der Waals surface area (Å²) in [7, 11) is 1.27. The van der Waals surface area contributed by atoms with Crippen molar-refractivity contribution < 1.29 is 23.0 Å². The number of methoxy groups -OCH3 is 1. The molecule has 0 fully saturated rings. The van der Waals surface area contributed by atoms with E-state index in [2.05, 4.69) is 10.3 Å².